The molecule has 2 aromatic carbocycles. The number of fused-ring (bicyclic) bond motifs is 1. The monoisotopic (exact) mass is 398 g/mol. The van der Waals surface area contributed by atoms with Crippen LogP contribution in [-0.2, 0) is 5.41 Å². The topological polar surface area (TPSA) is 62.0 Å². The van der Waals surface area contributed by atoms with Gasteiger partial charge in [0.05, 0.1) is 11.1 Å². The molecule has 0 unspecified atom stereocenters. The zero-order valence-corrected chi connectivity index (χ0v) is 15.9. The van der Waals surface area contributed by atoms with Crippen molar-refractivity contribution in [1.29, 1.82) is 0 Å². The van der Waals surface area contributed by atoms with Gasteiger partial charge in [-0.25, -0.2) is 0 Å². The second-order valence-electron chi connectivity index (χ2n) is 6.99. The summed E-state index contributed by atoms with van der Waals surface area (Å²) in [5.74, 6) is -0.207. The van der Waals surface area contributed by atoms with Gasteiger partial charge < -0.3 is 10.3 Å². The lowest BCUT2D eigenvalue weighted by atomic mass is 9.85. The van der Waals surface area contributed by atoms with Crippen LogP contribution in [0.5, 0.6) is 0 Å². The van der Waals surface area contributed by atoms with Gasteiger partial charge in [0, 0.05) is 21.6 Å². The van der Waals surface area contributed by atoms with Gasteiger partial charge >= 0.3 is 0 Å². The molecule has 4 nitrogen and oxygen atoms in total. The number of halogens is 1. The van der Waals surface area contributed by atoms with E-state index in [9.17, 15) is 9.59 Å². The Morgan fingerprint density at radius 1 is 1.08 bits per heavy atom. The molecular formula is C20H19BrN2O2. The summed E-state index contributed by atoms with van der Waals surface area (Å²) in [6, 6.07) is 14.5. The van der Waals surface area contributed by atoms with Crippen LogP contribution in [0, 0.1) is 0 Å². The molecule has 0 aliphatic rings. The molecule has 25 heavy (non-hydrogen) atoms. The normalized spacial score (nSPS) is 11.5. The number of hydrogen-bond donors (Lipinski definition) is 2. The Balaban J connectivity index is 2.01. The number of aromatic amines is 1. The minimum atomic E-state index is -0.207. The SMILES string of the molecule is CC(C)(C)c1cc(=O)[nH]c2cc(NC(=O)c3ccccc3Br)ccc12. The average Bonchev–Trinajstić information content (AvgIpc) is 2.53. The molecule has 3 rings (SSSR count). The molecule has 3 aromatic rings. The standard InChI is InChI=1S/C20H19BrN2O2/c1-20(2,3)15-11-18(24)23-17-10-12(8-9-13(15)17)22-19(25)14-6-4-5-7-16(14)21/h4-11H,1-3H3,(H,22,25)(H,23,24). The first-order valence-electron chi connectivity index (χ1n) is 7.99. The zero-order chi connectivity index (χ0) is 18.2. The molecule has 0 radical (unpaired) electrons. The maximum atomic E-state index is 12.5. The highest BCUT2D eigenvalue weighted by Crippen LogP contribution is 2.29. The van der Waals surface area contributed by atoms with Crippen molar-refractivity contribution in [3.63, 3.8) is 0 Å². The predicted molar refractivity (Wildman–Crippen MR) is 105 cm³/mol. The van der Waals surface area contributed by atoms with Crippen LogP contribution in [0.3, 0.4) is 0 Å². The number of carbonyl (C=O) groups is 1. The zero-order valence-electron chi connectivity index (χ0n) is 14.3. The van der Waals surface area contributed by atoms with E-state index in [0.717, 1.165) is 15.4 Å². The van der Waals surface area contributed by atoms with E-state index in [1.165, 1.54) is 0 Å². The van der Waals surface area contributed by atoms with Crippen LogP contribution >= 0.6 is 15.9 Å². The van der Waals surface area contributed by atoms with E-state index in [2.05, 4.69) is 47.0 Å². The Labute approximate surface area is 154 Å². The molecule has 0 spiro atoms. The number of anilines is 1. The molecular weight excluding hydrogens is 380 g/mol. The number of aromatic nitrogens is 1. The average molecular weight is 399 g/mol. The quantitative estimate of drug-likeness (QED) is 0.648. The molecule has 5 heteroatoms. The minimum absolute atomic E-state index is 0.147. The van der Waals surface area contributed by atoms with Crippen molar-refractivity contribution in [2.45, 2.75) is 26.2 Å². The van der Waals surface area contributed by atoms with Gasteiger partial charge in [-0.05, 0) is 51.2 Å². The van der Waals surface area contributed by atoms with Gasteiger partial charge in [0.1, 0.15) is 0 Å². The first kappa shape index (κ1) is 17.4. The van der Waals surface area contributed by atoms with Crippen LogP contribution in [-0.4, -0.2) is 10.9 Å². The highest BCUT2D eigenvalue weighted by Gasteiger charge is 2.18. The Bertz CT molecular complexity index is 1020. The number of benzene rings is 2. The molecule has 128 valence electrons. The first-order chi connectivity index (χ1) is 11.8. The van der Waals surface area contributed by atoms with E-state index in [1.54, 1.807) is 18.2 Å². The van der Waals surface area contributed by atoms with Crippen LogP contribution in [0.2, 0.25) is 0 Å². The largest absolute Gasteiger partial charge is 0.322 e. The number of rotatable bonds is 2. The molecule has 0 saturated heterocycles. The van der Waals surface area contributed by atoms with Gasteiger partial charge in [-0.2, -0.15) is 0 Å². The highest BCUT2D eigenvalue weighted by atomic mass is 79.9. The lowest BCUT2D eigenvalue weighted by molar-refractivity contribution is 0.102. The van der Waals surface area contributed by atoms with Gasteiger partial charge in [0.15, 0.2) is 0 Å². The third kappa shape index (κ3) is 3.66. The number of amides is 1. The molecule has 1 aromatic heterocycles. The number of carbonyl (C=O) groups excluding carboxylic acids is 1. The minimum Gasteiger partial charge on any atom is -0.322 e. The van der Waals surface area contributed by atoms with Crippen molar-refractivity contribution >= 4 is 38.4 Å². The summed E-state index contributed by atoms with van der Waals surface area (Å²) in [6.07, 6.45) is 0. The van der Waals surface area contributed by atoms with E-state index >= 15 is 0 Å². The first-order valence-corrected chi connectivity index (χ1v) is 8.78. The third-order valence-electron chi connectivity index (χ3n) is 4.03. The molecule has 0 aliphatic carbocycles. The van der Waals surface area contributed by atoms with E-state index in [-0.39, 0.29) is 16.9 Å². The van der Waals surface area contributed by atoms with Gasteiger partial charge in [-0.15, -0.1) is 0 Å². The number of H-pyrrole nitrogens is 1. The molecule has 0 atom stereocenters. The van der Waals surface area contributed by atoms with E-state index in [0.29, 0.717) is 16.8 Å². The second-order valence-corrected chi connectivity index (χ2v) is 7.85. The van der Waals surface area contributed by atoms with Crippen LogP contribution in [0.15, 0.2) is 57.8 Å². The second kappa shape index (κ2) is 6.48. The third-order valence-corrected chi connectivity index (χ3v) is 4.72. The summed E-state index contributed by atoms with van der Waals surface area (Å²) in [5.41, 5.74) is 2.59. The van der Waals surface area contributed by atoms with E-state index < -0.39 is 0 Å². The highest BCUT2D eigenvalue weighted by molar-refractivity contribution is 9.10. The fourth-order valence-corrected chi connectivity index (χ4v) is 3.27. The molecule has 0 bridgehead atoms. The van der Waals surface area contributed by atoms with Gasteiger partial charge in [0.25, 0.3) is 5.91 Å². The van der Waals surface area contributed by atoms with E-state index in [1.807, 2.05) is 30.3 Å². The van der Waals surface area contributed by atoms with Crippen molar-refractivity contribution in [3.8, 4) is 0 Å². The summed E-state index contributed by atoms with van der Waals surface area (Å²) in [4.78, 5) is 27.3. The van der Waals surface area contributed by atoms with Crippen molar-refractivity contribution < 1.29 is 4.79 Å². The number of nitrogens with one attached hydrogen (secondary N) is 2. The summed E-state index contributed by atoms with van der Waals surface area (Å²) in [7, 11) is 0. The fraction of sp³-hybridized carbons (Fsp3) is 0.200. The smallest absolute Gasteiger partial charge is 0.256 e. The Hall–Kier alpha value is -2.40. The summed E-state index contributed by atoms with van der Waals surface area (Å²) in [6.45, 7) is 6.22. The summed E-state index contributed by atoms with van der Waals surface area (Å²) in [5, 5.41) is 3.86. The van der Waals surface area contributed by atoms with Crippen molar-refractivity contribution in [2.75, 3.05) is 5.32 Å². The predicted octanol–water partition coefficient (Wildman–Crippen LogP) is 4.84. The van der Waals surface area contributed by atoms with E-state index in [4.69, 9.17) is 0 Å². The fourth-order valence-electron chi connectivity index (χ4n) is 2.80. The van der Waals surface area contributed by atoms with Crippen LogP contribution < -0.4 is 10.9 Å². The molecule has 1 amide bonds. The lowest BCUT2D eigenvalue weighted by Gasteiger charge is -2.21. The van der Waals surface area contributed by atoms with Gasteiger partial charge in [-0.3, -0.25) is 9.59 Å². The Morgan fingerprint density at radius 2 is 1.80 bits per heavy atom. The summed E-state index contributed by atoms with van der Waals surface area (Å²) >= 11 is 3.38. The molecule has 2 N–H and O–H groups in total. The Kier molecular flexibility index (Phi) is 4.52. The maximum absolute atomic E-state index is 12.5. The van der Waals surface area contributed by atoms with Gasteiger partial charge in [-0.1, -0.05) is 39.0 Å². The van der Waals surface area contributed by atoms with Crippen molar-refractivity contribution in [1.82, 2.24) is 4.98 Å². The van der Waals surface area contributed by atoms with Crippen molar-refractivity contribution in [2.24, 2.45) is 0 Å². The number of pyridine rings is 1. The summed E-state index contributed by atoms with van der Waals surface area (Å²) < 4.78 is 0.733. The number of hydrogen-bond acceptors (Lipinski definition) is 2. The van der Waals surface area contributed by atoms with Crippen LogP contribution in [0.4, 0.5) is 5.69 Å². The molecule has 0 saturated carbocycles. The van der Waals surface area contributed by atoms with Gasteiger partial charge in [0.2, 0.25) is 5.56 Å². The lowest BCUT2D eigenvalue weighted by Crippen LogP contribution is -2.17. The molecule has 1 heterocycles. The van der Waals surface area contributed by atoms with Crippen LogP contribution in [0.1, 0.15) is 36.7 Å². The molecule has 0 aliphatic heterocycles. The molecule has 0 fully saturated rings. The maximum Gasteiger partial charge on any atom is 0.256 e. The van der Waals surface area contributed by atoms with Crippen LogP contribution in [0.25, 0.3) is 10.9 Å². The van der Waals surface area contributed by atoms with Crippen molar-refractivity contribution in [3.05, 3.63) is 74.5 Å². The Morgan fingerprint density at radius 3 is 2.48 bits per heavy atom.